The fraction of sp³-hybridized carbons (Fsp3) is 0.400. The van der Waals surface area contributed by atoms with Crippen molar-refractivity contribution >= 4 is 11.6 Å². The molecule has 0 saturated carbocycles. The Hall–Kier alpha value is -3.22. The molecule has 1 fully saturated rings. The molecule has 6 nitrogen and oxygen atoms in total. The van der Waals surface area contributed by atoms with Crippen molar-refractivity contribution in [2.45, 2.75) is 45.6 Å². The molecule has 3 aromatic rings. The summed E-state index contributed by atoms with van der Waals surface area (Å²) in [5, 5.41) is 3.91. The Morgan fingerprint density at radius 3 is 2.59 bits per heavy atom. The van der Waals surface area contributed by atoms with Gasteiger partial charge in [0.25, 0.3) is 0 Å². The van der Waals surface area contributed by atoms with Crippen molar-refractivity contribution in [2.75, 3.05) is 25.0 Å². The van der Waals surface area contributed by atoms with Crippen LogP contribution < -0.4 is 4.90 Å². The van der Waals surface area contributed by atoms with Crippen molar-refractivity contribution in [3.8, 4) is 11.4 Å². The molecule has 1 aliphatic rings. The molecule has 32 heavy (non-hydrogen) atoms. The fourth-order valence-electron chi connectivity index (χ4n) is 3.94. The van der Waals surface area contributed by atoms with Crippen LogP contribution in [0.5, 0.6) is 0 Å². The van der Waals surface area contributed by atoms with Crippen molar-refractivity contribution in [2.24, 2.45) is 0 Å². The Morgan fingerprint density at radius 2 is 1.88 bits per heavy atom. The highest BCUT2D eigenvalue weighted by Gasteiger charge is 2.15. The number of benzene rings is 2. The molecule has 168 valence electrons. The minimum absolute atomic E-state index is 0.00578. The van der Waals surface area contributed by atoms with E-state index in [9.17, 15) is 9.18 Å². The van der Waals surface area contributed by atoms with Gasteiger partial charge in [-0.25, -0.2) is 4.39 Å². The molecule has 1 aromatic heterocycles. The molecule has 2 heterocycles. The van der Waals surface area contributed by atoms with Gasteiger partial charge in [0.1, 0.15) is 5.82 Å². The first-order chi connectivity index (χ1) is 15.5. The lowest BCUT2D eigenvalue weighted by molar-refractivity contribution is -0.130. The van der Waals surface area contributed by atoms with Crippen LogP contribution in [0.15, 0.2) is 47.0 Å². The molecule has 2 aromatic carbocycles. The lowest BCUT2D eigenvalue weighted by Crippen LogP contribution is -2.29. The zero-order chi connectivity index (χ0) is 22.5. The molecule has 7 heteroatoms. The monoisotopic (exact) mass is 436 g/mol. The van der Waals surface area contributed by atoms with E-state index >= 15 is 0 Å². The summed E-state index contributed by atoms with van der Waals surface area (Å²) in [7, 11) is 1.80. The summed E-state index contributed by atoms with van der Waals surface area (Å²) >= 11 is 0. The highest BCUT2D eigenvalue weighted by Crippen LogP contribution is 2.21. The number of hydrogen-bond acceptors (Lipinski definition) is 5. The van der Waals surface area contributed by atoms with E-state index in [1.54, 1.807) is 31.0 Å². The van der Waals surface area contributed by atoms with Crippen LogP contribution in [0.4, 0.5) is 10.1 Å². The smallest absolute Gasteiger partial charge is 0.227 e. The minimum atomic E-state index is -0.311. The van der Waals surface area contributed by atoms with Gasteiger partial charge >= 0.3 is 0 Å². The number of carbonyl (C=O) groups excluding carboxylic acids is 1. The molecule has 0 unspecified atom stereocenters. The second-order valence-corrected chi connectivity index (χ2v) is 8.44. The third-order valence-electron chi connectivity index (χ3n) is 5.95. The number of halogens is 1. The van der Waals surface area contributed by atoms with Crippen LogP contribution in [-0.2, 0) is 17.8 Å². The van der Waals surface area contributed by atoms with E-state index in [1.165, 1.54) is 31.0 Å². The number of anilines is 1. The minimum Gasteiger partial charge on any atom is -0.372 e. The molecular weight excluding hydrogens is 407 g/mol. The van der Waals surface area contributed by atoms with E-state index in [-0.39, 0.29) is 18.1 Å². The zero-order valence-corrected chi connectivity index (χ0v) is 18.7. The van der Waals surface area contributed by atoms with Crippen molar-refractivity contribution < 1.29 is 13.7 Å². The third kappa shape index (κ3) is 5.33. The molecule has 0 spiro atoms. The average molecular weight is 437 g/mol. The Balaban J connectivity index is 1.28. The molecule has 0 bridgehead atoms. The number of nitrogens with zero attached hydrogens (tertiary/aromatic N) is 4. The Bertz CT molecular complexity index is 1060. The quantitative estimate of drug-likeness (QED) is 0.534. The van der Waals surface area contributed by atoms with Gasteiger partial charge < -0.3 is 14.3 Å². The van der Waals surface area contributed by atoms with Crippen LogP contribution in [0.3, 0.4) is 0 Å². The second-order valence-electron chi connectivity index (χ2n) is 8.44. The van der Waals surface area contributed by atoms with Crippen LogP contribution >= 0.6 is 0 Å². The molecular formula is C25H29FN4O2. The van der Waals surface area contributed by atoms with Crippen molar-refractivity contribution in [3.05, 3.63) is 65.3 Å². The van der Waals surface area contributed by atoms with Crippen molar-refractivity contribution in [1.29, 1.82) is 0 Å². The van der Waals surface area contributed by atoms with Crippen LogP contribution in [0.2, 0.25) is 0 Å². The molecule has 0 N–H and O–H groups in total. The van der Waals surface area contributed by atoms with E-state index in [2.05, 4.69) is 39.3 Å². The van der Waals surface area contributed by atoms with E-state index in [0.29, 0.717) is 35.8 Å². The molecule has 1 amide bonds. The van der Waals surface area contributed by atoms with E-state index in [0.717, 1.165) is 18.7 Å². The van der Waals surface area contributed by atoms with Crippen LogP contribution in [0.25, 0.3) is 11.4 Å². The maximum absolute atomic E-state index is 13.8. The average Bonchev–Trinajstić information content (AvgIpc) is 3.29. The van der Waals surface area contributed by atoms with Gasteiger partial charge in [-0.3, -0.25) is 4.79 Å². The maximum atomic E-state index is 13.8. The molecule has 1 aliphatic heterocycles. The number of amides is 1. The maximum Gasteiger partial charge on any atom is 0.227 e. The molecule has 0 radical (unpaired) electrons. The van der Waals surface area contributed by atoms with Crippen LogP contribution in [-0.4, -0.2) is 41.1 Å². The van der Waals surface area contributed by atoms with E-state index < -0.39 is 0 Å². The zero-order valence-electron chi connectivity index (χ0n) is 18.7. The second kappa shape index (κ2) is 9.94. The first-order valence-corrected chi connectivity index (χ1v) is 11.2. The van der Waals surface area contributed by atoms with E-state index in [4.69, 9.17) is 4.52 Å². The van der Waals surface area contributed by atoms with Gasteiger partial charge in [0, 0.05) is 50.8 Å². The Kier molecular flexibility index (Phi) is 6.83. The number of hydrogen-bond donors (Lipinski definition) is 0. The molecule has 1 saturated heterocycles. The van der Waals surface area contributed by atoms with E-state index in [1.807, 2.05) is 0 Å². The number of rotatable bonds is 7. The first kappa shape index (κ1) is 22.0. The number of aromatic nitrogens is 2. The van der Waals surface area contributed by atoms with Gasteiger partial charge in [0.15, 0.2) is 0 Å². The summed E-state index contributed by atoms with van der Waals surface area (Å²) in [6.45, 7) is 4.49. The summed E-state index contributed by atoms with van der Waals surface area (Å²) in [5.41, 5.74) is 3.47. The summed E-state index contributed by atoms with van der Waals surface area (Å²) < 4.78 is 19.0. The SMILES string of the molecule is Cc1ccc(-c2noc(CCC(=O)N(C)Cc3ccc(N4CCCCC4)cc3)n2)cc1F. The van der Waals surface area contributed by atoms with Crippen LogP contribution in [0, 0.1) is 12.7 Å². The third-order valence-corrected chi connectivity index (χ3v) is 5.95. The van der Waals surface area contributed by atoms with Gasteiger partial charge in [0.2, 0.25) is 17.6 Å². The number of aryl methyl sites for hydroxylation is 2. The van der Waals surface area contributed by atoms with Gasteiger partial charge in [-0.05, 0) is 55.5 Å². The summed E-state index contributed by atoms with van der Waals surface area (Å²) in [4.78, 5) is 21.0. The predicted octanol–water partition coefficient (Wildman–Crippen LogP) is 4.77. The fourth-order valence-corrected chi connectivity index (χ4v) is 3.94. The molecule has 0 atom stereocenters. The Morgan fingerprint density at radius 1 is 1.12 bits per heavy atom. The highest BCUT2D eigenvalue weighted by atomic mass is 19.1. The van der Waals surface area contributed by atoms with Gasteiger partial charge in [-0.1, -0.05) is 29.4 Å². The summed E-state index contributed by atoms with van der Waals surface area (Å²) in [6, 6.07) is 13.3. The predicted molar refractivity (Wildman–Crippen MR) is 122 cm³/mol. The number of carbonyl (C=O) groups is 1. The first-order valence-electron chi connectivity index (χ1n) is 11.2. The summed E-state index contributed by atoms with van der Waals surface area (Å²) in [6.07, 6.45) is 4.44. The van der Waals surface area contributed by atoms with Gasteiger partial charge in [0.05, 0.1) is 0 Å². The highest BCUT2D eigenvalue weighted by molar-refractivity contribution is 5.76. The summed E-state index contributed by atoms with van der Waals surface area (Å²) in [5.74, 6) is 0.392. The normalized spacial score (nSPS) is 13.9. The molecule has 4 rings (SSSR count). The Labute approximate surface area is 188 Å². The van der Waals surface area contributed by atoms with Crippen molar-refractivity contribution in [1.82, 2.24) is 15.0 Å². The lowest BCUT2D eigenvalue weighted by atomic mass is 10.1. The van der Waals surface area contributed by atoms with Gasteiger partial charge in [-0.15, -0.1) is 0 Å². The molecule has 0 aliphatic carbocycles. The van der Waals surface area contributed by atoms with Crippen LogP contribution in [0.1, 0.15) is 42.7 Å². The largest absolute Gasteiger partial charge is 0.372 e. The number of piperidine rings is 1. The standard InChI is InChI=1S/C25H29FN4O2/c1-18-6-9-20(16-22(18)26)25-27-23(32-28-25)12-13-24(31)29(2)17-19-7-10-21(11-8-19)30-14-4-3-5-15-30/h6-11,16H,3-5,12-15,17H2,1-2H3. The topological polar surface area (TPSA) is 62.5 Å². The lowest BCUT2D eigenvalue weighted by Gasteiger charge is -2.29. The van der Waals surface area contributed by atoms with Crippen molar-refractivity contribution in [3.63, 3.8) is 0 Å². The van der Waals surface area contributed by atoms with Gasteiger partial charge in [-0.2, -0.15) is 4.98 Å².